The van der Waals surface area contributed by atoms with Crippen LogP contribution in [0.25, 0.3) is 0 Å². The summed E-state index contributed by atoms with van der Waals surface area (Å²) in [6.07, 6.45) is -0.808. The Labute approximate surface area is 132 Å². The second-order valence-corrected chi connectivity index (χ2v) is 6.72. The smallest absolute Gasteiger partial charge is 0.437 e. The van der Waals surface area contributed by atoms with Crippen LogP contribution >= 0.6 is 0 Å². The Bertz CT molecular complexity index is 571. The van der Waals surface area contributed by atoms with Crippen LogP contribution in [0.2, 0.25) is 0 Å². The van der Waals surface area contributed by atoms with E-state index in [1.807, 2.05) is 12.1 Å². The second kappa shape index (κ2) is 6.38. The largest absolute Gasteiger partial charge is 0.513 e. The van der Waals surface area contributed by atoms with E-state index >= 15 is 0 Å². The summed E-state index contributed by atoms with van der Waals surface area (Å²) in [5.41, 5.74) is 0.762. The molecule has 0 heterocycles. The van der Waals surface area contributed by atoms with Crippen molar-refractivity contribution in [2.75, 3.05) is 14.2 Å². The highest BCUT2D eigenvalue weighted by molar-refractivity contribution is 5.88. The Morgan fingerprint density at radius 1 is 1.09 bits per heavy atom. The molecule has 0 spiro atoms. The summed E-state index contributed by atoms with van der Waals surface area (Å²) in [7, 11) is 2.83. The van der Waals surface area contributed by atoms with E-state index in [2.05, 4.69) is 30.8 Å². The van der Waals surface area contributed by atoms with E-state index in [4.69, 9.17) is 4.74 Å². The zero-order valence-corrected chi connectivity index (χ0v) is 14.4. The van der Waals surface area contributed by atoms with Gasteiger partial charge in [0.05, 0.1) is 12.5 Å². The summed E-state index contributed by atoms with van der Waals surface area (Å²) in [5.74, 6) is 0.168. The molecule has 0 radical (unpaired) electrons. The van der Waals surface area contributed by atoms with Gasteiger partial charge in [-0.15, -0.1) is 0 Å². The van der Waals surface area contributed by atoms with Crippen molar-refractivity contribution in [2.24, 2.45) is 0 Å². The monoisotopic (exact) mass is 307 g/mol. The SMILES string of the molecule is CNC(=O)C(C)(C)c1cc(C(C)(C)C)ccc1OC(=O)OC. The van der Waals surface area contributed by atoms with Crippen LogP contribution in [0, 0.1) is 0 Å². The highest BCUT2D eigenvalue weighted by Crippen LogP contribution is 2.36. The Hall–Kier alpha value is -2.04. The van der Waals surface area contributed by atoms with Crippen molar-refractivity contribution in [2.45, 2.75) is 45.4 Å². The van der Waals surface area contributed by atoms with Crippen molar-refractivity contribution in [3.8, 4) is 5.75 Å². The molecule has 1 rings (SSSR count). The molecule has 0 aromatic heterocycles. The van der Waals surface area contributed by atoms with Crippen LogP contribution in [0.1, 0.15) is 45.7 Å². The fraction of sp³-hybridized carbons (Fsp3) is 0.529. The molecular formula is C17H25NO4. The van der Waals surface area contributed by atoms with Crippen LogP contribution in [0.15, 0.2) is 18.2 Å². The van der Waals surface area contributed by atoms with Gasteiger partial charge in [-0.05, 0) is 30.9 Å². The zero-order chi connectivity index (χ0) is 17.1. The minimum absolute atomic E-state index is 0.0860. The van der Waals surface area contributed by atoms with E-state index in [0.29, 0.717) is 11.3 Å². The molecule has 122 valence electrons. The van der Waals surface area contributed by atoms with E-state index in [0.717, 1.165) is 5.56 Å². The minimum atomic E-state index is -0.848. The number of carbonyl (C=O) groups excluding carboxylic acids is 2. The van der Waals surface area contributed by atoms with E-state index in [1.165, 1.54) is 7.11 Å². The number of hydrogen-bond donors (Lipinski definition) is 1. The molecule has 0 fully saturated rings. The van der Waals surface area contributed by atoms with Crippen LogP contribution in [0.5, 0.6) is 5.75 Å². The summed E-state index contributed by atoms with van der Waals surface area (Å²) >= 11 is 0. The lowest BCUT2D eigenvalue weighted by molar-refractivity contribution is -0.125. The third-order valence-corrected chi connectivity index (χ3v) is 3.67. The molecule has 1 aromatic carbocycles. The predicted molar refractivity (Wildman–Crippen MR) is 85.3 cm³/mol. The number of rotatable bonds is 3. The number of likely N-dealkylation sites (N-methyl/N-ethyl adjacent to an activating group) is 1. The molecule has 5 nitrogen and oxygen atoms in total. The van der Waals surface area contributed by atoms with Crippen LogP contribution in [-0.4, -0.2) is 26.2 Å². The van der Waals surface area contributed by atoms with Gasteiger partial charge in [0.25, 0.3) is 0 Å². The van der Waals surface area contributed by atoms with Crippen molar-refractivity contribution in [3.63, 3.8) is 0 Å². The van der Waals surface area contributed by atoms with E-state index in [1.54, 1.807) is 27.0 Å². The van der Waals surface area contributed by atoms with Gasteiger partial charge in [-0.25, -0.2) is 4.79 Å². The molecule has 0 aliphatic carbocycles. The maximum absolute atomic E-state index is 12.2. The molecule has 0 unspecified atom stereocenters. The summed E-state index contributed by atoms with van der Waals surface area (Å²) < 4.78 is 9.75. The lowest BCUT2D eigenvalue weighted by Gasteiger charge is -2.28. The Morgan fingerprint density at radius 3 is 2.14 bits per heavy atom. The average Bonchev–Trinajstić information content (AvgIpc) is 2.45. The topological polar surface area (TPSA) is 64.6 Å². The lowest BCUT2D eigenvalue weighted by atomic mass is 9.78. The normalized spacial score (nSPS) is 11.8. The third-order valence-electron chi connectivity index (χ3n) is 3.67. The highest BCUT2D eigenvalue weighted by Gasteiger charge is 2.33. The molecule has 0 aliphatic heterocycles. The first-order chi connectivity index (χ1) is 10.0. The number of ether oxygens (including phenoxy) is 2. The van der Waals surface area contributed by atoms with Crippen LogP contribution in [-0.2, 0) is 20.4 Å². The van der Waals surface area contributed by atoms with Crippen LogP contribution in [0.4, 0.5) is 4.79 Å². The van der Waals surface area contributed by atoms with Crippen molar-refractivity contribution in [1.29, 1.82) is 0 Å². The number of benzene rings is 1. The Balaban J connectivity index is 3.46. The fourth-order valence-electron chi connectivity index (χ4n) is 2.14. The molecule has 0 saturated heterocycles. The van der Waals surface area contributed by atoms with E-state index in [9.17, 15) is 9.59 Å². The van der Waals surface area contributed by atoms with E-state index < -0.39 is 11.6 Å². The molecule has 0 atom stereocenters. The fourth-order valence-corrected chi connectivity index (χ4v) is 2.14. The van der Waals surface area contributed by atoms with Crippen molar-refractivity contribution >= 4 is 12.1 Å². The molecular weight excluding hydrogens is 282 g/mol. The lowest BCUT2D eigenvalue weighted by Crippen LogP contribution is -2.38. The summed E-state index contributed by atoms with van der Waals surface area (Å²) in [4.78, 5) is 23.7. The highest BCUT2D eigenvalue weighted by atomic mass is 16.7. The van der Waals surface area contributed by atoms with Gasteiger partial charge in [0.15, 0.2) is 0 Å². The van der Waals surface area contributed by atoms with Crippen LogP contribution in [0.3, 0.4) is 0 Å². The maximum atomic E-state index is 12.2. The molecule has 0 saturated carbocycles. The quantitative estimate of drug-likeness (QED) is 0.688. The van der Waals surface area contributed by atoms with Gasteiger partial charge < -0.3 is 14.8 Å². The molecule has 0 aliphatic rings. The van der Waals surface area contributed by atoms with Crippen molar-refractivity contribution < 1.29 is 19.1 Å². The second-order valence-electron chi connectivity index (χ2n) is 6.72. The van der Waals surface area contributed by atoms with Gasteiger partial charge in [-0.3, -0.25) is 4.79 Å². The number of carbonyl (C=O) groups is 2. The number of amides is 1. The van der Waals surface area contributed by atoms with Crippen molar-refractivity contribution in [3.05, 3.63) is 29.3 Å². The van der Waals surface area contributed by atoms with Gasteiger partial charge in [0.1, 0.15) is 5.75 Å². The molecule has 0 bridgehead atoms. The maximum Gasteiger partial charge on any atom is 0.513 e. The number of hydrogen-bond acceptors (Lipinski definition) is 4. The minimum Gasteiger partial charge on any atom is -0.437 e. The summed E-state index contributed by atoms with van der Waals surface area (Å²) in [6, 6.07) is 5.51. The molecule has 5 heteroatoms. The first-order valence-electron chi connectivity index (χ1n) is 7.17. The standard InChI is InChI=1S/C17H25NO4/c1-16(2,3)11-8-9-13(22-15(20)21-7)12(10-11)17(4,5)14(19)18-6/h8-10H,1-7H3,(H,18,19). The summed E-state index contributed by atoms with van der Waals surface area (Å²) in [6.45, 7) is 9.83. The first-order valence-corrected chi connectivity index (χ1v) is 7.17. The van der Waals surface area contributed by atoms with Crippen molar-refractivity contribution in [1.82, 2.24) is 5.32 Å². The van der Waals surface area contributed by atoms with E-state index in [-0.39, 0.29) is 11.3 Å². The predicted octanol–water partition coefficient (Wildman–Crippen LogP) is 3.15. The Morgan fingerprint density at radius 2 is 1.68 bits per heavy atom. The molecule has 22 heavy (non-hydrogen) atoms. The average molecular weight is 307 g/mol. The van der Waals surface area contributed by atoms with Gasteiger partial charge in [-0.1, -0.05) is 32.9 Å². The first kappa shape index (κ1) is 18.0. The van der Waals surface area contributed by atoms with Gasteiger partial charge in [0.2, 0.25) is 5.91 Å². The third kappa shape index (κ3) is 3.78. The number of methoxy groups -OCH3 is 1. The van der Waals surface area contributed by atoms with Crippen LogP contribution < -0.4 is 10.1 Å². The van der Waals surface area contributed by atoms with Gasteiger partial charge in [0, 0.05) is 12.6 Å². The molecule has 1 N–H and O–H groups in total. The van der Waals surface area contributed by atoms with Gasteiger partial charge in [-0.2, -0.15) is 0 Å². The van der Waals surface area contributed by atoms with Gasteiger partial charge >= 0.3 is 6.16 Å². The zero-order valence-electron chi connectivity index (χ0n) is 14.4. The number of nitrogens with one attached hydrogen (secondary N) is 1. The molecule has 1 aromatic rings. The summed E-state index contributed by atoms with van der Waals surface area (Å²) in [5, 5.41) is 2.65. The Kier molecular flexibility index (Phi) is 5.22. The molecule has 1 amide bonds.